The highest BCUT2D eigenvalue weighted by atomic mass is 32.2. The minimum Gasteiger partial charge on any atom is -0.370 e. The van der Waals surface area contributed by atoms with Gasteiger partial charge in [0.25, 0.3) is 0 Å². The molecule has 0 saturated carbocycles. The standard InChI is InChI=1S/C15H28FNS2/c1-4-6-12-19-13-11-17(5-2)15(14-18-3)9-7-8-10-16/h5,7,9,15H,2,4,6,8,10-14H2,1,3H3/b9-7+. The molecular weight excluding hydrogens is 277 g/mol. The first kappa shape index (κ1) is 18.9. The van der Waals surface area contributed by atoms with Crippen LogP contribution in [0.25, 0.3) is 0 Å². The Morgan fingerprint density at radius 2 is 2.16 bits per heavy atom. The Hall–Kier alpha value is -0.0900. The molecule has 1 nitrogen and oxygen atoms in total. The highest BCUT2D eigenvalue weighted by Crippen LogP contribution is 2.12. The first-order valence-electron chi connectivity index (χ1n) is 6.97. The van der Waals surface area contributed by atoms with E-state index in [4.69, 9.17) is 0 Å². The Morgan fingerprint density at radius 1 is 1.37 bits per heavy atom. The van der Waals surface area contributed by atoms with Crippen molar-refractivity contribution in [1.29, 1.82) is 0 Å². The molecule has 0 N–H and O–H groups in total. The minimum absolute atomic E-state index is 0.274. The molecule has 1 atom stereocenters. The molecule has 0 rings (SSSR count). The summed E-state index contributed by atoms with van der Waals surface area (Å²) in [5.41, 5.74) is 0. The molecule has 0 aliphatic rings. The zero-order chi connectivity index (χ0) is 14.3. The molecule has 0 aliphatic carbocycles. The topological polar surface area (TPSA) is 3.24 Å². The number of unbranched alkanes of at least 4 members (excludes halogenated alkanes) is 1. The molecule has 0 bridgehead atoms. The van der Waals surface area contributed by atoms with Gasteiger partial charge in [-0.25, -0.2) is 0 Å². The SMILES string of the molecule is C=CN(CCSCCCC)C(/C=C/CCF)CSC. The second kappa shape index (κ2) is 14.3. The predicted molar refractivity (Wildman–Crippen MR) is 91.0 cm³/mol. The third-order valence-corrected chi connectivity index (χ3v) is 4.49. The fourth-order valence-electron chi connectivity index (χ4n) is 1.66. The van der Waals surface area contributed by atoms with E-state index in [1.807, 2.05) is 35.8 Å². The Morgan fingerprint density at radius 3 is 2.74 bits per heavy atom. The average Bonchev–Trinajstić information content (AvgIpc) is 2.42. The molecule has 0 spiro atoms. The summed E-state index contributed by atoms with van der Waals surface area (Å²) in [6.07, 6.45) is 11.2. The van der Waals surface area contributed by atoms with Gasteiger partial charge in [-0.05, 0) is 31.1 Å². The van der Waals surface area contributed by atoms with Crippen molar-refractivity contribution in [3.05, 3.63) is 24.9 Å². The number of alkyl halides is 1. The predicted octanol–water partition coefficient (Wildman–Crippen LogP) is 4.61. The van der Waals surface area contributed by atoms with E-state index in [-0.39, 0.29) is 6.67 Å². The molecule has 0 heterocycles. The fraction of sp³-hybridized carbons (Fsp3) is 0.733. The van der Waals surface area contributed by atoms with Crippen LogP contribution in [0.15, 0.2) is 24.9 Å². The Balaban J connectivity index is 4.12. The van der Waals surface area contributed by atoms with E-state index in [0.29, 0.717) is 12.5 Å². The zero-order valence-electron chi connectivity index (χ0n) is 12.3. The normalized spacial score (nSPS) is 12.8. The number of nitrogens with zero attached hydrogens (tertiary/aromatic N) is 1. The summed E-state index contributed by atoms with van der Waals surface area (Å²) >= 11 is 3.82. The highest BCUT2D eigenvalue weighted by molar-refractivity contribution is 7.99. The van der Waals surface area contributed by atoms with Crippen LogP contribution in [0.5, 0.6) is 0 Å². The van der Waals surface area contributed by atoms with Crippen LogP contribution < -0.4 is 0 Å². The quantitative estimate of drug-likeness (QED) is 0.361. The molecule has 0 radical (unpaired) electrons. The van der Waals surface area contributed by atoms with Gasteiger partial charge in [0.05, 0.1) is 12.7 Å². The van der Waals surface area contributed by atoms with E-state index in [1.165, 1.54) is 18.6 Å². The lowest BCUT2D eigenvalue weighted by molar-refractivity contribution is 0.361. The van der Waals surface area contributed by atoms with Gasteiger partial charge in [0.15, 0.2) is 0 Å². The summed E-state index contributed by atoms with van der Waals surface area (Å²) in [7, 11) is 0. The van der Waals surface area contributed by atoms with Crippen LogP contribution in [-0.2, 0) is 0 Å². The maximum absolute atomic E-state index is 12.1. The number of rotatable bonds is 13. The monoisotopic (exact) mass is 305 g/mol. The van der Waals surface area contributed by atoms with Crippen molar-refractivity contribution in [3.63, 3.8) is 0 Å². The van der Waals surface area contributed by atoms with Crippen molar-refractivity contribution in [2.75, 3.05) is 36.7 Å². The second-order valence-electron chi connectivity index (χ2n) is 4.31. The molecule has 0 aromatic heterocycles. The third-order valence-electron chi connectivity index (χ3n) is 2.77. The van der Waals surface area contributed by atoms with Gasteiger partial charge < -0.3 is 4.90 Å². The lowest BCUT2D eigenvalue weighted by atomic mass is 10.2. The third kappa shape index (κ3) is 10.4. The Bertz CT molecular complexity index is 234. The van der Waals surface area contributed by atoms with Crippen LogP contribution in [-0.4, -0.2) is 47.7 Å². The van der Waals surface area contributed by atoms with E-state index in [1.54, 1.807) is 0 Å². The molecule has 4 heteroatoms. The van der Waals surface area contributed by atoms with E-state index in [9.17, 15) is 4.39 Å². The minimum atomic E-state index is -0.274. The van der Waals surface area contributed by atoms with Crippen LogP contribution in [0.3, 0.4) is 0 Å². The second-order valence-corrected chi connectivity index (χ2v) is 6.45. The molecule has 19 heavy (non-hydrogen) atoms. The molecule has 0 aromatic rings. The first-order valence-corrected chi connectivity index (χ1v) is 9.52. The van der Waals surface area contributed by atoms with Crippen LogP contribution in [0, 0.1) is 0 Å². The van der Waals surface area contributed by atoms with Crippen molar-refractivity contribution in [3.8, 4) is 0 Å². The summed E-state index contributed by atoms with van der Waals surface area (Å²) in [5.74, 6) is 3.40. The van der Waals surface area contributed by atoms with Gasteiger partial charge in [0.2, 0.25) is 0 Å². The van der Waals surface area contributed by atoms with Crippen LogP contribution in [0.2, 0.25) is 0 Å². The molecule has 0 saturated heterocycles. The van der Waals surface area contributed by atoms with E-state index in [0.717, 1.165) is 18.1 Å². The molecule has 0 aromatic carbocycles. The number of hydrogen-bond donors (Lipinski definition) is 0. The maximum atomic E-state index is 12.1. The van der Waals surface area contributed by atoms with Crippen LogP contribution >= 0.6 is 23.5 Å². The number of allylic oxidation sites excluding steroid dienone is 1. The van der Waals surface area contributed by atoms with Gasteiger partial charge in [0, 0.05) is 18.1 Å². The van der Waals surface area contributed by atoms with Crippen molar-refractivity contribution in [2.24, 2.45) is 0 Å². The van der Waals surface area contributed by atoms with Gasteiger partial charge in [-0.15, -0.1) is 0 Å². The summed E-state index contributed by atoms with van der Waals surface area (Å²) in [6.45, 7) is 6.87. The molecule has 0 aliphatic heterocycles. The molecular formula is C15H28FNS2. The molecule has 1 unspecified atom stereocenters. The maximum Gasteiger partial charge on any atom is 0.0928 e. The van der Waals surface area contributed by atoms with Crippen molar-refractivity contribution in [2.45, 2.75) is 32.2 Å². The fourth-order valence-corrected chi connectivity index (χ4v) is 3.34. The smallest absolute Gasteiger partial charge is 0.0928 e. The van der Waals surface area contributed by atoms with Crippen LogP contribution in [0.4, 0.5) is 4.39 Å². The van der Waals surface area contributed by atoms with Crippen LogP contribution in [0.1, 0.15) is 26.2 Å². The highest BCUT2D eigenvalue weighted by Gasteiger charge is 2.10. The van der Waals surface area contributed by atoms with E-state index >= 15 is 0 Å². The van der Waals surface area contributed by atoms with Gasteiger partial charge in [-0.1, -0.05) is 32.1 Å². The molecule has 0 amide bonds. The largest absolute Gasteiger partial charge is 0.370 e. The van der Waals surface area contributed by atoms with Crippen molar-refractivity contribution in [1.82, 2.24) is 4.90 Å². The molecule has 112 valence electrons. The van der Waals surface area contributed by atoms with E-state index in [2.05, 4.69) is 30.7 Å². The summed E-state index contributed by atoms with van der Waals surface area (Å²) in [6, 6.07) is 0.339. The lowest BCUT2D eigenvalue weighted by Crippen LogP contribution is -2.32. The lowest BCUT2D eigenvalue weighted by Gasteiger charge is -2.27. The number of halogens is 1. The van der Waals surface area contributed by atoms with E-state index < -0.39 is 0 Å². The molecule has 0 fully saturated rings. The van der Waals surface area contributed by atoms with Crippen molar-refractivity contribution < 1.29 is 4.39 Å². The van der Waals surface area contributed by atoms with Gasteiger partial charge >= 0.3 is 0 Å². The first-order chi connectivity index (χ1) is 9.29. The zero-order valence-corrected chi connectivity index (χ0v) is 13.9. The average molecular weight is 306 g/mol. The van der Waals surface area contributed by atoms with Crippen molar-refractivity contribution >= 4 is 23.5 Å². The Labute approximate surface area is 127 Å². The number of thioether (sulfide) groups is 2. The van der Waals surface area contributed by atoms with Gasteiger partial charge in [-0.2, -0.15) is 23.5 Å². The van der Waals surface area contributed by atoms with Gasteiger partial charge in [-0.3, -0.25) is 4.39 Å². The Kier molecular flexibility index (Phi) is 14.3. The summed E-state index contributed by atoms with van der Waals surface area (Å²) < 4.78 is 12.1. The summed E-state index contributed by atoms with van der Waals surface area (Å²) in [5, 5.41) is 0. The van der Waals surface area contributed by atoms with Gasteiger partial charge in [0.1, 0.15) is 0 Å². The number of hydrogen-bond acceptors (Lipinski definition) is 3. The summed E-state index contributed by atoms with van der Waals surface area (Å²) in [4.78, 5) is 2.27.